The van der Waals surface area contributed by atoms with E-state index in [1.807, 2.05) is 0 Å². The molecule has 12 heteroatoms. The Morgan fingerprint density at radius 1 is 1.16 bits per heavy atom. The summed E-state index contributed by atoms with van der Waals surface area (Å²) in [5.41, 5.74) is 7.34. The minimum absolute atomic E-state index is 0.116. The van der Waals surface area contributed by atoms with Crippen molar-refractivity contribution in [3.63, 3.8) is 0 Å². The summed E-state index contributed by atoms with van der Waals surface area (Å²) in [6, 6.07) is 7.56. The van der Waals surface area contributed by atoms with Gasteiger partial charge in [0.1, 0.15) is 5.69 Å². The number of hydrogen-bond donors (Lipinski definition) is 2. The van der Waals surface area contributed by atoms with Crippen LogP contribution < -0.4 is 15.8 Å². The molecule has 3 aromatic rings. The van der Waals surface area contributed by atoms with Crippen LogP contribution in [0.5, 0.6) is 5.75 Å². The van der Waals surface area contributed by atoms with Gasteiger partial charge in [-0.05, 0) is 24.6 Å². The molecule has 32 heavy (non-hydrogen) atoms. The van der Waals surface area contributed by atoms with Crippen molar-refractivity contribution in [2.24, 2.45) is 10.2 Å². The van der Waals surface area contributed by atoms with E-state index in [0.717, 1.165) is 12.0 Å². The van der Waals surface area contributed by atoms with Crippen molar-refractivity contribution in [2.45, 2.75) is 6.42 Å². The minimum atomic E-state index is -0.519. The Labute approximate surface area is 183 Å². The van der Waals surface area contributed by atoms with Crippen LogP contribution in [0.1, 0.15) is 6.42 Å². The topological polar surface area (TPSA) is 163 Å². The van der Waals surface area contributed by atoms with Gasteiger partial charge < -0.3 is 20.5 Å². The monoisotopic (exact) mass is 438 g/mol. The highest BCUT2D eigenvalue weighted by molar-refractivity contribution is 5.75. The molecule has 0 saturated carbocycles. The quantitative estimate of drug-likeness (QED) is 0.207. The first-order chi connectivity index (χ1) is 15.5. The third-order valence-corrected chi connectivity index (χ3v) is 4.30. The summed E-state index contributed by atoms with van der Waals surface area (Å²) >= 11 is 0. The predicted molar refractivity (Wildman–Crippen MR) is 118 cm³/mol. The summed E-state index contributed by atoms with van der Waals surface area (Å²) in [5, 5.41) is 22.5. The fourth-order valence-electron chi connectivity index (χ4n) is 2.71. The number of rotatable bonds is 10. The van der Waals surface area contributed by atoms with Crippen molar-refractivity contribution < 1.29 is 14.4 Å². The number of nitro benzene ring substituents is 1. The maximum absolute atomic E-state index is 11.0. The van der Waals surface area contributed by atoms with Crippen molar-refractivity contribution >= 4 is 28.7 Å². The Kier molecular flexibility index (Phi) is 7.54. The molecule has 2 aromatic heterocycles. The number of azo groups is 1. The molecule has 0 unspecified atom stereocenters. The molecule has 0 aliphatic carbocycles. The molecule has 166 valence electrons. The number of nitrogens with zero attached hydrogens (tertiary/aromatic N) is 6. The Morgan fingerprint density at radius 2 is 1.94 bits per heavy atom. The van der Waals surface area contributed by atoms with Crippen LogP contribution in [-0.4, -0.2) is 47.2 Å². The largest absolute Gasteiger partial charge is 0.494 e. The summed E-state index contributed by atoms with van der Waals surface area (Å²) in [5.74, 6) is 1.12. The first-order valence-corrected chi connectivity index (χ1v) is 9.58. The molecule has 2 heterocycles. The molecule has 0 aliphatic heterocycles. The molecule has 0 fully saturated rings. The normalized spacial score (nSPS) is 10.9. The average Bonchev–Trinajstić information content (AvgIpc) is 2.81. The maximum Gasteiger partial charge on any atom is 0.273 e. The van der Waals surface area contributed by atoms with Crippen LogP contribution in [-0.2, 0) is 4.74 Å². The van der Waals surface area contributed by atoms with E-state index in [1.54, 1.807) is 31.6 Å². The number of benzene rings is 1. The summed E-state index contributed by atoms with van der Waals surface area (Å²) < 4.78 is 10.3. The van der Waals surface area contributed by atoms with E-state index in [4.69, 9.17) is 15.2 Å². The molecule has 0 atom stereocenters. The fourth-order valence-corrected chi connectivity index (χ4v) is 2.71. The molecule has 0 aliphatic rings. The van der Waals surface area contributed by atoms with Gasteiger partial charge in [-0.3, -0.25) is 15.1 Å². The molecular weight excluding hydrogens is 416 g/mol. The Hall–Kier alpha value is -4.19. The van der Waals surface area contributed by atoms with E-state index in [1.165, 1.54) is 25.3 Å². The molecule has 0 saturated heterocycles. The van der Waals surface area contributed by atoms with Crippen LogP contribution >= 0.6 is 0 Å². The van der Waals surface area contributed by atoms with Crippen LogP contribution in [0.4, 0.5) is 28.7 Å². The fraction of sp³-hybridized carbons (Fsp3) is 0.250. The zero-order chi connectivity index (χ0) is 22.9. The van der Waals surface area contributed by atoms with Gasteiger partial charge in [0.15, 0.2) is 28.9 Å². The molecule has 1 aromatic carbocycles. The first kappa shape index (κ1) is 22.5. The van der Waals surface area contributed by atoms with E-state index >= 15 is 0 Å². The highest BCUT2D eigenvalue weighted by atomic mass is 16.6. The predicted octanol–water partition coefficient (Wildman–Crippen LogP) is 3.90. The van der Waals surface area contributed by atoms with Gasteiger partial charge in [-0.2, -0.15) is 0 Å². The third kappa shape index (κ3) is 5.49. The zero-order valence-corrected chi connectivity index (χ0v) is 17.6. The lowest BCUT2D eigenvalue weighted by atomic mass is 10.2. The van der Waals surface area contributed by atoms with Crippen molar-refractivity contribution in [3.05, 3.63) is 52.8 Å². The number of methoxy groups -OCH3 is 2. The van der Waals surface area contributed by atoms with E-state index in [-0.39, 0.29) is 22.9 Å². The van der Waals surface area contributed by atoms with Crippen molar-refractivity contribution in [2.75, 3.05) is 38.4 Å². The second kappa shape index (κ2) is 10.7. The van der Waals surface area contributed by atoms with Gasteiger partial charge in [-0.15, -0.1) is 10.2 Å². The molecule has 0 radical (unpaired) electrons. The number of ether oxygens (including phenoxy) is 2. The Bertz CT molecular complexity index is 1110. The van der Waals surface area contributed by atoms with Gasteiger partial charge in [-0.25, -0.2) is 9.97 Å². The lowest BCUT2D eigenvalue weighted by molar-refractivity contribution is -0.384. The van der Waals surface area contributed by atoms with Crippen molar-refractivity contribution in [1.82, 2.24) is 15.0 Å². The van der Waals surface area contributed by atoms with Gasteiger partial charge in [0.05, 0.1) is 18.1 Å². The highest BCUT2D eigenvalue weighted by Crippen LogP contribution is 2.36. The number of nitro groups is 1. The standard InChI is InChI=1S/C20H22N8O4/c1-31-11-3-8-23-20-17(18(21)24-19(25-20)13-6-9-22-10-7-13)27-26-15-5-4-14(28(29)30)12-16(15)32-2/h4-7,9-10,12H,3,8,11H2,1-2H3,(H3,21,23,24,25). The SMILES string of the molecule is COCCCNc1nc(-c2ccncc2)nc(N)c1N=Nc1ccc([N+](=O)[O-])cc1OC. The second-order valence-corrected chi connectivity index (χ2v) is 6.45. The average molecular weight is 438 g/mol. The maximum atomic E-state index is 11.0. The van der Waals surface area contributed by atoms with E-state index in [0.29, 0.717) is 30.5 Å². The van der Waals surface area contributed by atoms with Gasteiger partial charge in [0.2, 0.25) is 0 Å². The van der Waals surface area contributed by atoms with Crippen molar-refractivity contribution in [1.29, 1.82) is 0 Å². The van der Waals surface area contributed by atoms with Crippen LogP contribution in [0.2, 0.25) is 0 Å². The summed E-state index contributed by atoms with van der Waals surface area (Å²) in [6.07, 6.45) is 4.00. The molecule has 3 N–H and O–H groups in total. The number of non-ortho nitro benzene ring substituents is 1. The number of nitrogens with two attached hydrogens (primary N) is 1. The first-order valence-electron chi connectivity index (χ1n) is 9.58. The van der Waals surface area contributed by atoms with Gasteiger partial charge in [0.25, 0.3) is 5.69 Å². The van der Waals surface area contributed by atoms with Gasteiger partial charge >= 0.3 is 0 Å². The van der Waals surface area contributed by atoms with Crippen LogP contribution in [0.3, 0.4) is 0 Å². The number of pyridine rings is 1. The lowest BCUT2D eigenvalue weighted by Gasteiger charge is -2.11. The van der Waals surface area contributed by atoms with Crippen molar-refractivity contribution in [3.8, 4) is 17.1 Å². The molecule has 0 bridgehead atoms. The highest BCUT2D eigenvalue weighted by Gasteiger charge is 2.15. The summed E-state index contributed by atoms with van der Waals surface area (Å²) in [4.78, 5) is 23.4. The van der Waals surface area contributed by atoms with Gasteiger partial charge in [0, 0.05) is 44.3 Å². The number of nitrogen functional groups attached to an aromatic ring is 1. The van der Waals surface area contributed by atoms with E-state index < -0.39 is 4.92 Å². The smallest absolute Gasteiger partial charge is 0.273 e. The van der Waals surface area contributed by atoms with E-state index in [9.17, 15) is 10.1 Å². The number of hydrogen-bond acceptors (Lipinski definition) is 11. The summed E-state index contributed by atoms with van der Waals surface area (Å²) in [7, 11) is 3.02. The van der Waals surface area contributed by atoms with Crippen LogP contribution in [0.25, 0.3) is 11.4 Å². The number of anilines is 2. The molecule has 0 amide bonds. The molecule has 12 nitrogen and oxygen atoms in total. The lowest BCUT2D eigenvalue weighted by Crippen LogP contribution is -2.09. The molecule has 3 rings (SSSR count). The van der Waals surface area contributed by atoms with Gasteiger partial charge in [-0.1, -0.05) is 0 Å². The number of nitrogens with one attached hydrogen (secondary N) is 1. The van der Waals surface area contributed by atoms with Crippen LogP contribution in [0, 0.1) is 10.1 Å². The Balaban J connectivity index is 1.98. The minimum Gasteiger partial charge on any atom is -0.494 e. The van der Waals surface area contributed by atoms with E-state index in [2.05, 4.69) is 30.5 Å². The molecular formula is C20H22N8O4. The zero-order valence-electron chi connectivity index (χ0n) is 17.6. The second-order valence-electron chi connectivity index (χ2n) is 6.45. The summed E-state index contributed by atoms with van der Waals surface area (Å²) in [6.45, 7) is 1.13. The number of aromatic nitrogens is 3. The molecule has 0 spiro atoms. The van der Waals surface area contributed by atoms with Crippen LogP contribution in [0.15, 0.2) is 53.0 Å². The third-order valence-electron chi connectivity index (χ3n) is 4.30. The Morgan fingerprint density at radius 3 is 2.62 bits per heavy atom.